The molecule has 8 heteroatoms. The number of oxime groups is 2. The van der Waals surface area contributed by atoms with Gasteiger partial charge in [-0.3, -0.25) is 4.79 Å². The number of hydrogen-bond acceptors (Lipinski definition) is 6. The normalized spacial score (nSPS) is 11.9. The number of amides is 1. The Labute approximate surface area is 175 Å². The van der Waals surface area contributed by atoms with Crippen molar-refractivity contribution in [3.63, 3.8) is 0 Å². The van der Waals surface area contributed by atoms with Gasteiger partial charge in [0.2, 0.25) is 0 Å². The number of aryl methyl sites for hydroxylation is 1. The number of methoxy groups -OCH3 is 1. The number of halogens is 1. The summed E-state index contributed by atoms with van der Waals surface area (Å²) in [5.74, 6) is -0.404. The summed E-state index contributed by atoms with van der Waals surface area (Å²) in [5.41, 5.74) is 3.80. The highest BCUT2D eigenvalue weighted by molar-refractivity contribution is 6.46. The highest BCUT2D eigenvalue weighted by Gasteiger charge is 2.20. The molecule has 154 valence electrons. The fourth-order valence-corrected chi connectivity index (χ4v) is 2.88. The van der Waals surface area contributed by atoms with Crippen LogP contribution < -0.4 is 5.32 Å². The Morgan fingerprint density at radius 1 is 1.14 bits per heavy atom. The van der Waals surface area contributed by atoms with E-state index in [9.17, 15) is 4.79 Å². The van der Waals surface area contributed by atoms with Gasteiger partial charge < -0.3 is 19.7 Å². The first-order valence-corrected chi connectivity index (χ1v) is 9.25. The standard InChI is InChI=1S/C21H24ClN3O4/c1-14-7-5-8-15(11-14)19(13-27-3)24-29-12-17-16(9-6-10-18(17)22)20(25-28-4)21(26)23-2/h5-11H,12-13H2,1-4H3,(H,23,26)/b24-19+,25-20+. The van der Waals surface area contributed by atoms with Crippen LogP contribution in [0.25, 0.3) is 0 Å². The number of hydrogen-bond donors (Lipinski definition) is 1. The third-order valence-corrected chi connectivity index (χ3v) is 4.37. The Hall–Kier alpha value is -2.90. The van der Waals surface area contributed by atoms with E-state index in [0.717, 1.165) is 11.1 Å². The molecule has 0 aromatic heterocycles. The van der Waals surface area contributed by atoms with Gasteiger partial charge in [0.1, 0.15) is 19.4 Å². The molecular weight excluding hydrogens is 394 g/mol. The molecule has 0 saturated heterocycles. The first kappa shape index (κ1) is 22.4. The second-order valence-electron chi connectivity index (χ2n) is 6.08. The molecule has 0 heterocycles. The molecule has 0 aliphatic rings. The number of benzene rings is 2. The van der Waals surface area contributed by atoms with Gasteiger partial charge in [-0.15, -0.1) is 0 Å². The first-order chi connectivity index (χ1) is 14.0. The van der Waals surface area contributed by atoms with Gasteiger partial charge in [-0.25, -0.2) is 0 Å². The average Bonchev–Trinajstić information content (AvgIpc) is 2.72. The number of nitrogens with zero attached hydrogens (tertiary/aromatic N) is 2. The van der Waals surface area contributed by atoms with E-state index in [2.05, 4.69) is 15.6 Å². The quantitative estimate of drug-likeness (QED) is 0.501. The Morgan fingerprint density at radius 2 is 1.90 bits per heavy atom. The molecule has 0 bridgehead atoms. The van der Waals surface area contributed by atoms with Crippen LogP contribution in [0.4, 0.5) is 0 Å². The van der Waals surface area contributed by atoms with Crippen molar-refractivity contribution in [1.82, 2.24) is 5.32 Å². The Kier molecular flexibility index (Phi) is 8.64. The minimum absolute atomic E-state index is 0.0355. The van der Waals surface area contributed by atoms with Crippen molar-refractivity contribution in [2.75, 3.05) is 27.9 Å². The topological polar surface area (TPSA) is 81.5 Å². The van der Waals surface area contributed by atoms with E-state index in [1.807, 2.05) is 31.2 Å². The summed E-state index contributed by atoms with van der Waals surface area (Å²) in [4.78, 5) is 22.6. The van der Waals surface area contributed by atoms with Crippen LogP contribution in [0.2, 0.25) is 5.02 Å². The highest BCUT2D eigenvalue weighted by atomic mass is 35.5. The number of likely N-dealkylation sites (N-methyl/N-ethyl adjacent to an activating group) is 1. The highest BCUT2D eigenvalue weighted by Crippen LogP contribution is 2.22. The summed E-state index contributed by atoms with van der Waals surface area (Å²) < 4.78 is 5.24. The monoisotopic (exact) mass is 417 g/mol. The molecular formula is C21H24ClN3O4. The summed E-state index contributed by atoms with van der Waals surface area (Å²) in [6, 6.07) is 13.0. The van der Waals surface area contributed by atoms with Gasteiger partial charge in [-0.2, -0.15) is 0 Å². The predicted octanol–water partition coefficient (Wildman–Crippen LogP) is 3.31. The number of carbonyl (C=O) groups is 1. The van der Waals surface area contributed by atoms with Gasteiger partial charge >= 0.3 is 0 Å². The maximum Gasteiger partial charge on any atom is 0.273 e. The molecule has 0 aliphatic carbocycles. The first-order valence-electron chi connectivity index (χ1n) is 8.87. The van der Waals surface area contributed by atoms with Gasteiger partial charge in [0.05, 0.1) is 6.61 Å². The number of carbonyl (C=O) groups excluding carboxylic acids is 1. The molecule has 0 fully saturated rings. The van der Waals surface area contributed by atoms with Gasteiger partial charge in [-0.1, -0.05) is 57.8 Å². The molecule has 1 amide bonds. The minimum Gasteiger partial charge on any atom is -0.398 e. The van der Waals surface area contributed by atoms with Crippen LogP contribution in [-0.4, -0.2) is 45.2 Å². The van der Waals surface area contributed by atoms with Crippen molar-refractivity contribution in [2.24, 2.45) is 10.3 Å². The van der Waals surface area contributed by atoms with Crippen molar-refractivity contribution in [3.8, 4) is 0 Å². The lowest BCUT2D eigenvalue weighted by atomic mass is 10.0. The zero-order chi connectivity index (χ0) is 21.2. The van der Waals surface area contributed by atoms with Crippen LogP contribution >= 0.6 is 11.6 Å². The lowest BCUT2D eigenvalue weighted by Crippen LogP contribution is -2.29. The van der Waals surface area contributed by atoms with Crippen LogP contribution in [0.5, 0.6) is 0 Å². The molecule has 0 radical (unpaired) electrons. The summed E-state index contributed by atoms with van der Waals surface area (Å²) in [6.45, 7) is 2.32. The molecule has 2 aromatic carbocycles. The van der Waals surface area contributed by atoms with E-state index >= 15 is 0 Å². The summed E-state index contributed by atoms with van der Waals surface area (Å²) >= 11 is 6.36. The Bertz CT molecular complexity index is 913. The molecule has 0 unspecified atom stereocenters. The van der Waals surface area contributed by atoms with E-state index in [4.69, 9.17) is 26.0 Å². The Balaban J connectivity index is 2.33. The molecule has 2 aromatic rings. The third-order valence-electron chi connectivity index (χ3n) is 4.01. The fraction of sp³-hybridized carbons (Fsp3) is 0.286. The van der Waals surface area contributed by atoms with Crippen molar-refractivity contribution >= 4 is 28.9 Å². The van der Waals surface area contributed by atoms with Gasteiger partial charge in [0.25, 0.3) is 5.91 Å². The summed E-state index contributed by atoms with van der Waals surface area (Å²) in [7, 11) is 4.47. The van der Waals surface area contributed by atoms with Crippen LogP contribution in [0, 0.1) is 6.92 Å². The van der Waals surface area contributed by atoms with Crippen molar-refractivity contribution in [1.29, 1.82) is 0 Å². The number of rotatable bonds is 9. The third kappa shape index (κ3) is 6.04. The van der Waals surface area contributed by atoms with Gasteiger partial charge in [-0.05, 0) is 19.1 Å². The van der Waals surface area contributed by atoms with Crippen LogP contribution in [0.15, 0.2) is 52.8 Å². The average molecular weight is 418 g/mol. The molecule has 0 aliphatic heterocycles. The van der Waals surface area contributed by atoms with Crippen molar-refractivity contribution < 1.29 is 19.2 Å². The second kappa shape index (κ2) is 11.2. The molecule has 29 heavy (non-hydrogen) atoms. The molecule has 0 atom stereocenters. The zero-order valence-corrected chi connectivity index (χ0v) is 17.6. The fourth-order valence-electron chi connectivity index (χ4n) is 2.65. The largest absolute Gasteiger partial charge is 0.398 e. The molecule has 2 rings (SSSR count). The summed E-state index contributed by atoms with van der Waals surface area (Å²) in [6.07, 6.45) is 0. The molecule has 1 N–H and O–H groups in total. The van der Waals surface area contributed by atoms with Crippen LogP contribution in [0.3, 0.4) is 0 Å². The lowest BCUT2D eigenvalue weighted by Gasteiger charge is -2.12. The molecule has 7 nitrogen and oxygen atoms in total. The van der Waals surface area contributed by atoms with Crippen molar-refractivity contribution in [3.05, 3.63) is 69.7 Å². The Morgan fingerprint density at radius 3 is 2.55 bits per heavy atom. The zero-order valence-electron chi connectivity index (χ0n) is 16.9. The van der Waals surface area contributed by atoms with Crippen LogP contribution in [-0.2, 0) is 25.8 Å². The van der Waals surface area contributed by atoms with Crippen molar-refractivity contribution in [2.45, 2.75) is 13.5 Å². The molecule has 0 saturated carbocycles. The van der Waals surface area contributed by atoms with Crippen LogP contribution in [0.1, 0.15) is 22.3 Å². The van der Waals surface area contributed by atoms with Gasteiger partial charge in [0.15, 0.2) is 5.71 Å². The van der Waals surface area contributed by atoms with E-state index in [1.165, 1.54) is 14.2 Å². The maximum atomic E-state index is 12.2. The minimum atomic E-state index is -0.404. The number of nitrogens with one attached hydrogen (secondary N) is 1. The maximum absolute atomic E-state index is 12.2. The predicted molar refractivity (Wildman–Crippen MR) is 113 cm³/mol. The second-order valence-corrected chi connectivity index (χ2v) is 6.49. The number of ether oxygens (including phenoxy) is 1. The summed E-state index contributed by atoms with van der Waals surface area (Å²) in [5, 5.41) is 11.0. The smallest absolute Gasteiger partial charge is 0.273 e. The van der Waals surface area contributed by atoms with E-state index in [-0.39, 0.29) is 18.9 Å². The lowest BCUT2D eigenvalue weighted by molar-refractivity contribution is -0.114. The van der Waals surface area contributed by atoms with E-state index in [0.29, 0.717) is 21.9 Å². The SMILES string of the molecule is CNC(=O)/C(=N/OC)c1cccc(Cl)c1CO/N=C(\COC)c1cccc(C)c1. The van der Waals surface area contributed by atoms with Gasteiger partial charge in [0, 0.05) is 35.9 Å². The molecule has 0 spiro atoms. The van der Waals surface area contributed by atoms with E-state index in [1.54, 1.807) is 25.3 Å². The van der Waals surface area contributed by atoms with E-state index < -0.39 is 5.91 Å².